The van der Waals surface area contributed by atoms with Crippen LogP contribution in [0.4, 0.5) is 0 Å². The summed E-state index contributed by atoms with van der Waals surface area (Å²) in [5, 5.41) is 0. The molecule has 1 heterocycles. The smallest absolute Gasteiger partial charge is 0.0912 e. The summed E-state index contributed by atoms with van der Waals surface area (Å²) in [6.45, 7) is 4.32. The monoisotopic (exact) mass is 185 g/mol. The van der Waals surface area contributed by atoms with Crippen LogP contribution in [-0.4, -0.2) is 8.75 Å². The normalized spacial score (nSPS) is 13.7. The summed E-state index contributed by atoms with van der Waals surface area (Å²) < 4.78 is 8.08. The van der Waals surface area contributed by atoms with Crippen molar-refractivity contribution in [2.75, 3.05) is 0 Å². The van der Waals surface area contributed by atoms with E-state index in [1.165, 1.54) is 11.7 Å². The van der Waals surface area contributed by atoms with E-state index in [4.69, 9.17) is 5.73 Å². The van der Waals surface area contributed by atoms with Crippen molar-refractivity contribution in [1.29, 1.82) is 0 Å². The molecule has 4 heteroatoms. The van der Waals surface area contributed by atoms with E-state index in [0.717, 1.165) is 18.5 Å². The fraction of sp³-hybridized carbons (Fsp3) is 0.750. The highest BCUT2D eigenvalue weighted by molar-refractivity contribution is 6.99. The van der Waals surface area contributed by atoms with Crippen molar-refractivity contribution in [1.82, 2.24) is 8.75 Å². The summed E-state index contributed by atoms with van der Waals surface area (Å²) in [6, 6.07) is 0.0683. The standard InChI is InChI=1S/C8H15N3S/c1-3-6(4-2)8(9)7-5-10-12-11-7/h5-6,8H,3-4,9H2,1-2H3. The first-order chi connectivity index (χ1) is 5.79. The van der Waals surface area contributed by atoms with Gasteiger partial charge in [-0.25, -0.2) is 0 Å². The second-order valence-electron chi connectivity index (χ2n) is 2.93. The fourth-order valence-electron chi connectivity index (χ4n) is 1.36. The first-order valence-corrected chi connectivity index (χ1v) is 5.05. The predicted molar refractivity (Wildman–Crippen MR) is 50.9 cm³/mol. The van der Waals surface area contributed by atoms with Gasteiger partial charge in [0.15, 0.2) is 0 Å². The summed E-state index contributed by atoms with van der Waals surface area (Å²) in [4.78, 5) is 0. The van der Waals surface area contributed by atoms with Crippen molar-refractivity contribution < 1.29 is 0 Å². The minimum Gasteiger partial charge on any atom is -0.322 e. The zero-order chi connectivity index (χ0) is 8.97. The second kappa shape index (κ2) is 4.52. The zero-order valence-corrected chi connectivity index (χ0v) is 8.34. The first kappa shape index (κ1) is 9.61. The summed E-state index contributed by atoms with van der Waals surface area (Å²) in [5.41, 5.74) is 6.95. The maximum atomic E-state index is 6.01. The third-order valence-electron chi connectivity index (χ3n) is 2.28. The second-order valence-corrected chi connectivity index (χ2v) is 3.49. The van der Waals surface area contributed by atoms with Gasteiger partial charge in [0.05, 0.1) is 29.7 Å². The van der Waals surface area contributed by atoms with E-state index in [2.05, 4.69) is 22.6 Å². The van der Waals surface area contributed by atoms with Crippen LogP contribution in [0.15, 0.2) is 6.20 Å². The van der Waals surface area contributed by atoms with Crippen LogP contribution in [-0.2, 0) is 0 Å². The van der Waals surface area contributed by atoms with Crippen LogP contribution in [0, 0.1) is 5.92 Å². The molecule has 12 heavy (non-hydrogen) atoms. The molecule has 0 spiro atoms. The molecule has 0 aliphatic carbocycles. The van der Waals surface area contributed by atoms with Gasteiger partial charge < -0.3 is 5.73 Å². The van der Waals surface area contributed by atoms with Gasteiger partial charge in [-0.15, -0.1) is 0 Å². The van der Waals surface area contributed by atoms with Crippen LogP contribution in [0.25, 0.3) is 0 Å². The highest BCUT2D eigenvalue weighted by Gasteiger charge is 2.17. The molecule has 3 nitrogen and oxygen atoms in total. The molecule has 0 amide bonds. The molecular weight excluding hydrogens is 170 g/mol. The van der Waals surface area contributed by atoms with E-state index in [1.807, 2.05) is 0 Å². The van der Waals surface area contributed by atoms with Crippen LogP contribution in [0.1, 0.15) is 38.4 Å². The van der Waals surface area contributed by atoms with Gasteiger partial charge in [0, 0.05) is 0 Å². The van der Waals surface area contributed by atoms with E-state index in [0.29, 0.717) is 5.92 Å². The summed E-state index contributed by atoms with van der Waals surface area (Å²) >= 11 is 1.23. The van der Waals surface area contributed by atoms with Gasteiger partial charge >= 0.3 is 0 Å². The highest BCUT2D eigenvalue weighted by Crippen LogP contribution is 2.23. The van der Waals surface area contributed by atoms with Crippen molar-refractivity contribution in [3.63, 3.8) is 0 Å². The van der Waals surface area contributed by atoms with E-state index < -0.39 is 0 Å². The Balaban J connectivity index is 2.63. The Bertz CT molecular complexity index is 206. The van der Waals surface area contributed by atoms with E-state index in [-0.39, 0.29) is 6.04 Å². The number of nitrogens with two attached hydrogens (primary N) is 1. The molecule has 0 saturated carbocycles. The van der Waals surface area contributed by atoms with Crippen LogP contribution >= 0.6 is 11.7 Å². The number of hydrogen-bond acceptors (Lipinski definition) is 4. The molecule has 1 aromatic rings. The van der Waals surface area contributed by atoms with Crippen LogP contribution < -0.4 is 5.73 Å². The molecule has 0 aromatic carbocycles. The van der Waals surface area contributed by atoms with Gasteiger partial charge in [-0.3, -0.25) is 0 Å². The Morgan fingerprint density at radius 1 is 1.50 bits per heavy atom. The molecule has 1 aromatic heterocycles. The minimum absolute atomic E-state index is 0.0683. The van der Waals surface area contributed by atoms with Gasteiger partial charge in [0.1, 0.15) is 0 Å². The molecule has 0 bridgehead atoms. The Kier molecular flexibility index (Phi) is 3.62. The molecule has 0 radical (unpaired) electrons. The largest absolute Gasteiger partial charge is 0.322 e. The van der Waals surface area contributed by atoms with Gasteiger partial charge in [-0.2, -0.15) is 8.75 Å². The lowest BCUT2D eigenvalue weighted by Gasteiger charge is -2.18. The maximum Gasteiger partial charge on any atom is 0.0912 e. The highest BCUT2D eigenvalue weighted by atomic mass is 32.1. The van der Waals surface area contributed by atoms with Gasteiger partial charge in [0.2, 0.25) is 0 Å². The lowest BCUT2D eigenvalue weighted by molar-refractivity contribution is 0.400. The van der Waals surface area contributed by atoms with Crippen molar-refractivity contribution in [3.8, 4) is 0 Å². The molecule has 0 aliphatic heterocycles. The van der Waals surface area contributed by atoms with E-state index in [9.17, 15) is 0 Å². The molecule has 0 saturated heterocycles. The first-order valence-electron chi connectivity index (χ1n) is 4.32. The average Bonchev–Trinajstić information content (AvgIpc) is 2.58. The third-order valence-corrected chi connectivity index (χ3v) is 2.77. The number of nitrogens with zero attached hydrogens (tertiary/aromatic N) is 2. The number of hydrogen-bond donors (Lipinski definition) is 1. The Morgan fingerprint density at radius 2 is 2.17 bits per heavy atom. The molecule has 0 fully saturated rings. The topological polar surface area (TPSA) is 51.8 Å². The lowest BCUT2D eigenvalue weighted by atomic mass is 9.93. The zero-order valence-electron chi connectivity index (χ0n) is 7.53. The van der Waals surface area contributed by atoms with Crippen LogP contribution in [0.2, 0.25) is 0 Å². The molecule has 0 aliphatic rings. The maximum absolute atomic E-state index is 6.01. The summed E-state index contributed by atoms with van der Waals surface area (Å²) in [7, 11) is 0. The molecule has 68 valence electrons. The van der Waals surface area contributed by atoms with Crippen molar-refractivity contribution in [3.05, 3.63) is 11.9 Å². The van der Waals surface area contributed by atoms with Gasteiger partial charge in [-0.05, 0) is 5.92 Å². The lowest BCUT2D eigenvalue weighted by Crippen LogP contribution is -2.20. The van der Waals surface area contributed by atoms with Crippen molar-refractivity contribution in [2.24, 2.45) is 11.7 Å². The summed E-state index contributed by atoms with van der Waals surface area (Å²) in [6.07, 6.45) is 3.98. The number of aromatic nitrogens is 2. The Morgan fingerprint density at radius 3 is 2.58 bits per heavy atom. The van der Waals surface area contributed by atoms with E-state index >= 15 is 0 Å². The third kappa shape index (κ3) is 2.01. The quantitative estimate of drug-likeness (QED) is 0.780. The predicted octanol–water partition coefficient (Wildman–Crippen LogP) is 1.97. The van der Waals surface area contributed by atoms with Crippen molar-refractivity contribution in [2.45, 2.75) is 32.7 Å². The molecular formula is C8H15N3S. The van der Waals surface area contributed by atoms with E-state index in [1.54, 1.807) is 6.20 Å². The number of rotatable bonds is 4. The van der Waals surface area contributed by atoms with Crippen LogP contribution in [0.3, 0.4) is 0 Å². The molecule has 1 unspecified atom stereocenters. The van der Waals surface area contributed by atoms with Gasteiger partial charge in [-0.1, -0.05) is 26.7 Å². The Labute approximate surface area is 77.3 Å². The molecule has 1 atom stereocenters. The minimum atomic E-state index is 0.0683. The fourth-order valence-corrected chi connectivity index (χ4v) is 1.82. The van der Waals surface area contributed by atoms with Gasteiger partial charge in [0.25, 0.3) is 0 Å². The summed E-state index contributed by atoms with van der Waals surface area (Å²) in [5.74, 6) is 0.536. The van der Waals surface area contributed by atoms with Crippen molar-refractivity contribution >= 4 is 11.7 Å². The Hall–Kier alpha value is -0.480. The molecule has 1 rings (SSSR count). The molecule has 2 N–H and O–H groups in total. The van der Waals surface area contributed by atoms with Crippen LogP contribution in [0.5, 0.6) is 0 Å². The SMILES string of the molecule is CCC(CC)C(N)c1cnsn1. The average molecular weight is 185 g/mol.